The fourth-order valence-corrected chi connectivity index (χ4v) is 2.32. The summed E-state index contributed by atoms with van der Waals surface area (Å²) in [6.07, 6.45) is 0.707. The average molecular weight is 247 g/mol. The molecule has 1 aromatic carbocycles. The maximum Gasteiger partial charge on any atom is 0.318 e. The molecule has 1 aliphatic heterocycles. The molecule has 1 N–H and O–H groups in total. The van der Waals surface area contributed by atoms with E-state index in [0.717, 1.165) is 5.56 Å². The number of ether oxygens (including phenoxy) is 1. The maximum absolute atomic E-state index is 11.6. The van der Waals surface area contributed by atoms with E-state index in [4.69, 9.17) is 4.74 Å². The first-order valence-corrected chi connectivity index (χ1v) is 6.03. The lowest BCUT2D eigenvalue weighted by Crippen LogP contribution is -2.29. The number of methoxy groups -OCH3 is 1. The highest BCUT2D eigenvalue weighted by Gasteiger charge is 2.40. The summed E-state index contributed by atoms with van der Waals surface area (Å²) in [5, 5.41) is 2.73. The van der Waals surface area contributed by atoms with Crippen molar-refractivity contribution in [2.75, 3.05) is 13.7 Å². The van der Waals surface area contributed by atoms with Gasteiger partial charge in [-0.15, -0.1) is 0 Å². The highest BCUT2D eigenvalue weighted by molar-refractivity contribution is 5.99. The number of esters is 1. The largest absolute Gasteiger partial charge is 0.468 e. The Bertz CT molecular complexity index is 453. The molecule has 1 aliphatic rings. The van der Waals surface area contributed by atoms with Crippen molar-refractivity contribution in [1.29, 1.82) is 0 Å². The minimum atomic E-state index is -0.670. The van der Waals surface area contributed by atoms with Gasteiger partial charge >= 0.3 is 5.97 Å². The summed E-state index contributed by atoms with van der Waals surface area (Å²) < 4.78 is 4.69. The van der Waals surface area contributed by atoms with Crippen molar-refractivity contribution in [3.63, 3.8) is 0 Å². The molecule has 0 bridgehead atoms. The molecule has 1 amide bonds. The minimum absolute atomic E-state index is 0.0207. The van der Waals surface area contributed by atoms with E-state index in [1.165, 1.54) is 12.7 Å². The van der Waals surface area contributed by atoms with Crippen LogP contribution in [0.2, 0.25) is 0 Å². The quantitative estimate of drug-likeness (QED) is 0.642. The normalized spacial score (nSPS) is 22.7. The van der Waals surface area contributed by atoms with E-state index in [9.17, 15) is 9.59 Å². The Kier molecular flexibility index (Phi) is 3.65. The van der Waals surface area contributed by atoms with Crippen molar-refractivity contribution in [3.05, 3.63) is 35.4 Å². The van der Waals surface area contributed by atoms with Crippen LogP contribution in [0, 0.1) is 18.8 Å². The molecule has 1 fully saturated rings. The molecule has 1 heterocycles. The van der Waals surface area contributed by atoms with Crippen LogP contribution in [-0.4, -0.2) is 25.5 Å². The van der Waals surface area contributed by atoms with Crippen LogP contribution in [0.3, 0.4) is 0 Å². The molecule has 2 atom stereocenters. The third-order valence-corrected chi connectivity index (χ3v) is 3.37. The van der Waals surface area contributed by atoms with Crippen LogP contribution >= 0.6 is 0 Å². The van der Waals surface area contributed by atoms with E-state index in [1.807, 2.05) is 31.2 Å². The zero-order valence-corrected chi connectivity index (χ0v) is 10.6. The lowest BCUT2D eigenvalue weighted by atomic mass is 9.89. The average Bonchev–Trinajstić information content (AvgIpc) is 2.72. The first kappa shape index (κ1) is 12.6. The summed E-state index contributed by atoms with van der Waals surface area (Å²) in [4.78, 5) is 23.2. The van der Waals surface area contributed by atoms with Gasteiger partial charge in [-0.2, -0.15) is 0 Å². The molecule has 96 valence electrons. The number of hydrogen-bond donors (Lipinski definition) is 1. The highest BCUT2D eigenvalue weighted by Crippen LogP contribution is 2.23. The lowest BCUT2D eigenvalue weighted by molar-refractivity contribution is -0.149. The van der Waals surface area contributed by atoms with Crippen molar-refractivity contribution in [2.24, 2.45) is 11.8 Å². The Morgan fingerprint density at radius 1 is 1.39 bits per heavy atom. The Hall–Kier alpha value is -1.84. The Labute approximate surface area is 106 Å². The topological polar surface area (TPSA) is 55.4 Å². The molecule has 18 heavy (non-hydrogen) atoms. The summed E-state index contributed by atoms with van der Waals surface area (Å²) in [6, 6.07) is 8.14. The third kappa shape index (κ3) is 2.53. The van der Waals surface area contributed by atoms with Gasteiger partial charge in [-0.3, -0.25) is 9.59 Å². The fourth-order valence-electron chi connectivity index (χ4n) is 2.32. The highest BCUT2D eigenvalue weighted by atomic mass is 16.5. The molecule has 4 heteroatoms. The van der Waals surface area contributed by atoms with Crippen molar-refractivity contribution < 1.29 is 14.3 Å². The van der Waals surface area contributed by atoms with Gasteiger partial charge in [0.05, 0.1) is 7.11 Å². The van der Waals surface area contributed by atoms with Crippen LogP contribution in [0.1, 0.15) is 11.1 Å². The summed E-state index contributed by atoms with van der Waals surface area (Å²) >= 11 is 0. The predicted molar refractivity (Wildman–Crippen MR) is 66.9 cm³/mol. The third-order valence-electron chi connectivity index (χ3n) is 3.37. The second kappa shape index (κ2) is 5.21. The lowest BCUT2D eigenvalue weighted by Gasteiger charge is -2.14. The molecular formula is C14H17NO3. The minimum Gasteiger partial charge on any atom is -0.468 e. The first-order valence-electron chi connectivity index (χ1n) is 6.03. The molecule has 0 aromatic heterocycles. The van der Waals surface area contributed by atoms with Gasteiger partial charge in [-0.25, -0.2) is 0 Å². The molecule has 0 radical (unpaired) electrons. The smallest absolute Gasteiger partial charge is 0.318 e. The van der Waals surface area contributed by atoms with Gasteiger partial charge < -0.3 is 10.1 Å². The maximum atomic E-state index is 11.6. The van der Waals surface area contributed by atoms with Crippen molar-refractivity contribution >= 4 is 11.9 Å². The number of hydrogen-bond acceptors (Lipinski definition) is 3. The number of benzene rings is 1. The van der Waals surface area contributed by atoms with Crippen LogP contribution in [0.4, 0.5) is 0 Å². The molecule has 1 saturated heterocycles. The van der Waals surface area contributed by atoms with E-state index in [0.29, 0.717) is 13.0 Å². The van der Waals surface area contributed by atoms with E-state index < -0.39 is 11.9 Å². The van der Waals surface area contributed by atoms with Gasteiger partial charge in [0, 0.05) is 12.5 Å². The second-order valence-corrected chi connectivity index (χ2v) is 4.70. The zero-order valence-electron chi connectivity index (χ0n) is 10.6. The standard InChI is InChI=1S/C14H17NO3/c1-9-3-5-10(6-4-9)7-11-8-15-13(16)12(11)14(17)18-2/h3-6,11-12H,7-8H2,1-2H3,(H,15,16)/t11-,12+/m0/s1. The van der Waals surface area contributed by atoms with Crippen LogP contribution in [0.5, 0.6) is 0 Å². The number of carbonyl (C=O) groups is 2. The molecular weight excluding hydrogens is 230 g/mol. The van der Waals surface area contributed by atoms with Gasteiger partial charge in [-0.1, -0.05) is 29.8 Å². The Morgan fingerprint density at radius 3 is 2.67 bits per heavy atom. The van der Waals surface area contributed by atoms with Crippen molar-refractivity contribution in [3.8, 4) is 0 Å². The SMILES string of the molecule is COC(=O)[C@H]1C(=O)NC[C@@H]1Cc1ccc(C)cc1. The number of rotatable bonds is 3. The summed E-state index contributed by atoms with van der Waals surface area (Å²) in [7, 11) is 1.32. The van der Waals surface area contributed by atoms with Gasteiger partial charge in [-0.05, 0) is 18.9 Å². The Balaban J connectivity index is 2.10. The number of amides is 1. The molecule has 0 saturated carbocycles. The van der Waals surface area contributed by atoms with Crippen LogP contribution < -0.4 is 5.32 Å². The summed E-state index contributed by atoms with van der Waals surface area (Å²) in [5.74, 6) is -1.36. The Morgan fingerprint density at radius 2 is 2.06 bits per heavy atom. The van der Waals surface area contributed by atoms with E-state index in [-0.39, 0.29) is 11.8 Å². The molecule has 0 unspecified atom stereocenters. The second-order valence-electron chi connectivity index (χ2n) is 4.70. The van der Waals surface area contributed by atoms with E-state index >= 15 is 0 Å². The van der Waals surface area contributed by atoms with Crippen molar-refractivity contribution in [1.82, 2.24) is 5.32 Å². The summed E-state index contributed by atoms with van der Waals surface area (Å²) in [5.41, 5.74) is 2.33. The number of nitrogens with one attached hydrogen (secondary N) is 1. The molecule has 0 aliphatic carbocycles. The molecule has 1 aromatic rings. The number of aryl methyl sites for hydroxylation is 1. The molecule has 4 nitrogen and oxygen atoms in total. The number of carbonyl (C=O) groups excluding carboxylic acids is 2. The first-order chi connectivity index (χ1) is 8.61. The van der Waals surface area contributed by atoms with Crippen molar-refractivity contribution in [2.45, 2.75) is 13.3 Å². The van der Waals surface area contributed by atoms with Gasteiger partial charge in [0.15, 0.2) is 0 Å². The monoisotopic (exact) mass is 247 g/mol. The van der Waals surface area contributed by atoms with Gasteiger partial charge in [0.2, 0.25) is 5.91 Å². The van der Waals surface area contributed by atoms with Gasteiger partial charge in [0.25, 0.3) is 0 Å². The predicted octanol–water partition coefficient (Wildman–Crippen LogP) is 1.07. The van der Waals surface area contributed by atoms with Crippen LogP contribution in [0.25, 0.3) is 0 Å². The molecule has 2 rings (SSSR count). The molecule has 0 spiro atoms. The zero-order chi connectivity index (χ0) is 13.1. The van der Waals surface area contributed by atoms with E-state index in [2.05, 4.69) is 5.32 Å². The van der Waals surface area contributed by atoms with Gasteiger partial charge in [0.1, 0.15) is 5.92 Å². The summed E-state index contributed by atoms with van der Waals surface area (Å²) in [6.45, 7) is 2.56. The van der Waals surface area contributed by atoms with E-state index in [1.54, 1.807) is 0 Å². The van der Waals surface area contributed by atoms with Crippen LogP contribution in [-0.2, 0) is 20.7 Å². The van der Waals surface area contributed by atoms with Crippen LogP contribution in [0.15, 0.2) is 24.3 Å². The fraction of sp³-hybridized carbons (Fsp3) is 0.429.